The van der Waals surface area contributed by atoms with Crippen LogP contribution in [0.2, 0.25) is 0 Å². The summed E-state index contributed by atoms with van der Waals surface area (Å²) >= 11 is 0. The van der Waals surface area contributed by atoms with Crippen LogP contribution < -0.4 is 10.7 Å². The molecule has 20 heavy (non-hydrogen) atoms. The van der Waals surface area contributed by atoms with Gasteiger partial charge in [0.25, 0.3) is 0 Å². The molecular formula is C15H29N3O2. The molecule has 0 saturated carbocycles. The number of hydrogen-bond acceptors (Lipinski definition) is 4. The standard InChI is InChI=1S/C15H29N3O2/c1-4-8-16-14-10-20-9-13(14)15(19)17-18-11(2)6-5-7-12(18)3/h11-14,16H,4-10H2,1-3H3,(H,17,19). The van der Waals surface area contributed by atoms with Gasteiger partial charge in [-0.1, -0.05) is 13.3 Å². The average molecular weight is 283 g/mol. The van der Waals surface area contributed by atoms with E-state index in [1.54, 1.807) is 0 Å². The Balaban J connectivity index is 1.89. The zero-order valence-corrected chi connectivity index (χ0v) is 13.0. The largest absolute Gasteiger partial charge is 0.379 e. The van der Waals surface area contributed by atoms with E-state index in [-0.39, 0.29) is 17.9 Å². The van der Waals surface area contributed by atoms with Gasteiger partial charge in [0.15, 0.2) is 0 Å². The van der Waals surface area contributed by atoms with Crippen molar-refractivity contribution in [2.75, 3.05) is 19.8 Å². The number of piperidine rings is 1. The molecule has 1 amide bonds. The highest BCUT2D eigenvalue weighted by Gasteiger charge is 2.36. The topological polar surface area (TPSA) is 53.6 Å². The minimum Gasteiger partial charge on any atom is -0.379 e. The molecule has 0 aromatic carbocycles. The third-order valence-corrected chi connectivity index (χ3v) is 4.51. The molecule has 0 aromatic heterocycles. The summed E-state index contributed by atoms with van der Waals surface area (Å²) in [4.78, 5) is 12.5. The highest BCUT2D eigenvalue weighted by Crippen LogP contribution is 2.21. The Hall–Kier alpha value is -0.650. The smallest absolute Gasteiger partial charge is 0.241 e. The van der Waals surface area contributed by atoms with Crippen LogP contribution in [0.1, 0.15) is 46.5 Å². The normalized spacial score (nSPS) is 35.1. The lowest BCUT2D eigenvalue weighted by molar-refractivity contribution is -0.133. The number of ether oxygens (including phenoxy) is 1. The van der Waals surface area contributed by atoms with E-state index in [1.165, 1.54) is 6.42 Å². The van der Waals surface area contributed by atoms with Gasteiger partial charge in [-0.3, -0.25) is 10.2 Å². The number of hydrazine groups is 1. The van der Waals surface area contributed by atoms with Crippen LogP contribution in [0.3, 0.4) is 0 Å². The molecule has 0 aromatic rings. The number of carbonyl (C=O) groups excluding carboxylic acids is 1. The molecule has 5 nitrogen and oxygen atoms in total. The van der Waals surface area contributed by atoms with Crippen molar-refractivity contribution < 1.29 is 9.53 Å². The van der Waals surface area contributed by atoms with Crippen molar-refractivity contribution in [3.05, 3.63) is 0 Å². The summed E-state index contributed by atoms with van der Waals surface area (Å²) in [6.07, 6.45) is 4.64. The van der Waals surface area contributed by atoms with Gasteiger partial charge >= 0.3 is 0 Å². The molecule has 2 rings (SSSR count). The molecule has 0 spiro atoms. The van der Waals surface area contributed by atoms with Gasteiger partial charge < -0.3 is 10.1 Å². The molecule has 0 radical (unpaired) electrons. The molecule has 4 atom stereocenters. The number of carbonyl (C=O) groups is 1. The van der Waals surface area contributed by atoms with E-state index in [0.717, 1.165) is 25.8 Å². The Labute approximate surface area is 122 Å². The summed E-state index contributed by atoms with van der Waals surface area (Å²) < 4.78 is 5.49. The summed E-state index contributed by atoms with van der Waals surface area (Å²) in [5.74, 6) is 0.0413. The van der Waals surface area contributed by atoms with Gasteiger partial charge in [0, 0.05) is 18.1 Å². The molecule has 2 fully saturated rings. The predicted molar refractivity (Wildman–Crippen MR) is 79.1 cm³/mol. The second-order valence-corrected chi connectivity index (χ2v) is 6.22. The van der Waals surface area contributed by atoms with Crippen LogP contribution in [0.25, 0.3) is 0 Å². The summed E-state index contributed by atoms with van der Waals surface area (Å²) in [5, 5.41) is 5.56. The van der Waals surface area contributed by atoms with Crippen LogP contribution >= 0.6 is 0 Å². The van der Waals surface area contributed by atoms with Crippen molar-refractivity contribution in [3.63, 3.8) is 0 Å². The Kier molecular flexibility index (Phi) is 5.81. The summed E-state index contributed by atoms with van der Waals surface area (Å²) in [6, 6.07) is 1.00. The second-order valence-electron chi connectivity index (χ2n) is 6.22. The molecule has 0 aliphatic carbocycles. The van der Waals surface area contributed by atoms with Crippen molar-refractivity contribution in [1.82, 2.24) is 15.8 Å². The maximum atomic E-state index is 12.5. The average Bonchev–Trinajstić information content (AvgIpc) is 2.89. The van der Waals surface area contributed by atoms with Crippen molar-refractivity contribution in [2.45, 2.75) is 64.6 Å². The van der Waals surface area contributed by atoms with Gasteiger partial charge in [0.1, 0.15) is 0 Å². The quantitative estimate of drug-likeness (QED) is 0.798. The Morgan fingerprint density at radius 3 is 2.60 bits per heavy atom. The van der Waals surface area contributed by atoms with Crippen LogP contribution in [0.5, 0.6) is 0 Å². The van der Waals surface area contributed by atoms with E-state index in [0.29, 0.717) is 25.3 Å². The fraction of sp³-hybridized carbons (Fsp3) is 0.933. The van der Waals surface area contributed by atoms with E-state index in [4.69, 9.17) is 4.74 Å². The lowest BCUT2D eigenvalue weighted by Crippen LogP contribution is -2.57. The molecule has 0 bridgehead atoms. The van der Waals surface area contributed by atoms with Gasteiger partial charge in [0.05, 0.1) is 19.1 Å². The first kappa shape index (κ1) is 15.7. The van der Waals surface area contributed by atoms with Crippen molar-refractivity contribution in [1.29, 1.82) is 0 Å². The molecule has 4 unspecified atom stereocenters. The molecule has 2 heterocycles. The molecule has 2 N–H and O–H groups in total. The van der Waals surface area contributed by atoms with Gasteiger partial charge in [-0.25, -0.2) is 5.01 Å². The summed E-state index contributed by atoms with van der Waals surface area (Å²) in [6.45, 7) is 8.62. The zero-order valence-electron chi connectivity index (χ0n) is 13.0. The van der Waals surface area contributed by atoms with Gasteiger partial charge in [-0.15, -0.1) is 0 Å². The highest BCUT2D eigenvalue weighted by molar-refractivity contribution is 5.79. The lowest BCUT2D eigenvalue weighted by atomic mass is 9.99. The van der Waals surface area contributed by atoms with Gasteiger partial charge in [0.2, 0.25) is 5.91 Å². The second kappa shape index (κ2) is 7.38. The van der Waals surface area contributed by atoms with E-state index in [1.807, 2.05) is 0 Å². The van der Waals surface area contributed by atoms with E-state index in [2.05, 4.69) is 36.5 Å². The SMILES string of the molecule is CCCNC1COCC1C(=O)NN1C(C)CCCC1C. The Bertz CT molecular complexity index is 314. The third-order valence-electron chi connectivity index (χ3n) is 4.51. The molecule has 2 aliphatic heterocycles. The third kappa shape index (κ3) is 3.71. The molecule has 2 aliphatic rings. The molecule has 5 heteroatoms. The summed E-state index contributed by atoms with van der Waals surface area (Å²) in [5.41, 5.74) is 3.14. The van der Waals surface area contributed by atoms with E-state index >= 15 is 0 Å². The van der Waals surface area contributed by atoms with Crippen molar-refractivity contribution >= 4 is 5.91 Å². The number of nitrogens with zero attached hydrogens (tertiary/aromatic N) is 1. The van der Waals surface area contributed by atoms with Crippen LogP contribution in [-0.2, 0) is 9.53 Å². The number of rotatable bonds is 5. The van der Waals surface area contributed by atoms with Gasteiger partial charge in [-0.2, -0.15) is 0 Å². The molecule has 116 valence electrons. The Morgan fingerprint density at radius 1 is 1.25 bits per heavy atom. The first-order valence-electron chi connectivity index (χ1n) is 8.03. The maximum absolute atomic E-state index is 12.5. The molecule has 2 saturated heterocycles. The summed E-state index contributed by atoms with van der Waals surface area (Å²) in [7, 11) is 0. The number of nitrogens with one attached hydrogen (secondary N) is 2. The van der Waals surface area contributed by atoms with Gasteiger partial charge in [-0.05, 0) is 39.7 Å². The minimum atomic E-state index is -0.0668. The minimum absolute atomic E-state index is 0.0668. The van der Waals surface area contributed by atoms with Crippen molar-refractivity contribution in [2.24, 2.45) is 5.92 Å². The monoisotopic (exact) mass is 283 g/mol. The first-order chi connectivity index (χ1) is 9.63. The van der Waals surface area contributed by atoms with Crippen LogP contribution in [-0.4, -0.2) is 48.8 Å². The zero-order chi connectivity index (χ0) is 14.5. The fourth-order valence-corrected chi connectivity index (χ4v) is 3.20. The maximum Gasteiger partial charge on any atom is 0.241 e. The van der Waals surface area contributed by atoms with Crippen LogP contribution in [0.15, 0.2) is 0 Å². The van der Waals surface area contributed by atoms with Crippen molar-refractivity contribution in [3.8, 4) is 0 Å². The first-order valence-corrected chi connectivity index (χ1v) is 8.03. The van der Waals surface area contributed by atoms with E-state index < -0.39 is 0 Å². The number of amides is 1. The van der Waals surface area contributed by atoms with E-state index in [9.17, 15) is 4.79 Å². The molecular weight excluding hydrogens is 254 g/mol. The Morgan fingerprint density at radius 2 is 1.95 bits per heavy atom. The predicted octanol–water partition coefficient (Wildman–Crippen LogP) is 1.30. The fourth-order valence-electron chi connectivity index (χ4n) is 3.20. The number of hydrogen-bond donors (Lipinski definition) is 2. The van der Waals surface area contributed by atoms with Crippen LogP contribution in [0.4, 0.5) is 0 Å². The van der Waals surface area contributed by atoms with Crippen LogP contribution in [0, 0.1) is 5.92 Å². The lowest BCUT2D eigenvalue weighted by Gasteiger charge is -2.39. The highest BCUT2D eigenvalue weighted by atomic mass is 16.5.